The molecule has 1 fully saturated rings. The van der Waals surface area contributed by atoms with Gasteiger partial charge < -0.3 is 14.4 Å². The molecule has 52 heavy (non-hydrogen) atoms. The summed E-state index contributed by atoms with van der Waals surface area (Å²) in [7, 11) is 0. The number of nitrogens with zero attached hydrogens (tertiary/aromatic N) is 2. The highest BCUT2D eigenvalue weighted by atomic mass is 16.5. The van der Waals surface area contributed by atoms with Crippen LogP contribution < -0.4 is 19.7 Å². The van der Waals surface area contributed by atoms with E-state index in [1.165, 1.54) is 28.1 Å². The molecule has 0 bridgehead atoms. The molecule has 5 atom stereocenters. The molecule has 5 unspecified atom stereocenters. The lowest BCUT2D eigenvalue weighted by molar-refractivity contribution is 0.195. The van der Waals surface area contributed by atoms with Gasteiger partial charge in [0.05, 0.1) is 11.4 Å². The van der Waals surface area contributed by atoms with Gasteiger partial charge in [-0.2, -0.15) is 0 Å². The number of aromatic nitrogens is 1. The number of hydrogen-bond donors (Lipinski definition) is 1. The normalized spacial score (nSPS) is 23.8. The molecule has 10 rings (SSSR count). The molecule has 0 radical (unpaired) electrons. The van der Waals surface area contributed by atoms with E-state index >= 15 is 0 Å². The summed E-state index contributed by atoms with van der Waals surface area (Å²) in [6.07, 6.45) is 9.49. The summed E-state index contributed by atoms with van der Waals surface area (Å²) in [6, 6.07) is 47.1. The van der Waals surface area contributed by atoms with E-state index in [0.29, 0.717) is 0 Å². The Hall–Kier alpha value is -5.91. The van der Waals surface area contributed by atoms with Crippen LogP contribution in [0.1, 0.15) is 43.0 Å². The smallest absolute Gasteiger partial charge is 0.135 e. The Kier molecular flexibility index (Phi) is 7.19. The summed E-state index contributed by atoms with van der Waals surface area (Å²) in [5.74, 6) is 2.85. The van der Waals surface area contributed by atoms with Crippen molar-refractivity contribution in [2.45, 2.75) is 44.0 Å². The third-order valence-corrected chi connectivity index (χ3v) is 11.3. The Bertz CT molecular complexity index is 2390. The molecule has 0 saturated carbocycles. The zero-order valence-electron chi connectivity index (χ0n) is 29.2. The second-order valence-corrected chi connectivity index (χ2v) is 14.3. The van der Waals surface area contributed by atoms with Crippen LogP contribution in [0.2, 0.25) is 0 Å². The minimum atomic E-state index is -0.221. The lowest BCUT2D eigenvalue weighted by Crippen LogP contribution is -2.30. The van der Waals surface area contributed by atoms with E-state index in [4.69, 9.17) is 14.5 Å². The summed E-state index contributed by atoms with van der Waals surface area (Å²) >= 11 is 0. The van der Waals surface area contributed by atoms with Gasteiger partial charge in [-0.3, -0.25) is 10.3 Å². The van der Waals surface area contributed by atoms with Crippen LogP contribution in [0.4, 0.5) is 11.4 Å². The molecular formula is C47H39N3O2. The molecule has 1 aromatic heterocycles. The summed E-state index contributed by atoms with van der Waals surface area (Å²) in [6.45, 7) is 4.41. The first-order valence-electron chi connectivity index (χ1n) is 18.3. The van der Waals surface area contributed by atoms with Crippen molar-refractivity contribution >= 4 is 16.9 Å². The Morgan fingerprint density at radius 3 is 2.33 bits per heavy atom. The highest BCUT2D eigenvalue weighted by Gasteiger charge is 2.63. The minimum Gasteiger partial charge on any atom is -0.485 e. The average molecular weight is 678 g/mol. The molecule has 4 heterocycles. The van der Waals surface area contributed by atoms with Gasteiger partial charge in [-0.1, -0.05) is 110 Å². The van der Waals surface area contributed by atoms with Crippen molar-refractivity contribution in [2.75, 3.05) is 4.90 Å². The summed E-state index contributed by atoms with van der Waals surface area (Å²) < 4.78 is 14.2. The number of benzene rings is 5. The van der Waals surface area contributed by atoms with Crippen molar-refractivity contribution in [3.8, 4) is 39.5 Å². The van der Waals surface area contributed by atoms with Crippen molar-refractivity contribution < 1.29 is 9.47 Å². The Morgan fingerprint density at radius 1 is 0.769 bits per heavy atom. The van der Waals surface area contributed by atoms with Crippen LogP contribution in [-0.2, 0) is 5.54 Å². The molecule has 1 aliphatic carbocycles. The van der Waals surface area contributed by atoms with Gasteiger partial charge in [0.1, 0.15) is 35.1 Å². The van der Waals surface area contributed by atoms with Crippen molar-refractivity contribution in [2.24, 2.45) is 5.92 Å². The van der Waals surface area contributed by atoms with Crippen LogP contribution in [0.15, 0.2) is 158 Å². The van der Waals surface area contributed by atoms with Gasteiger partial charge in [-0.05, 0) is 78.9 Å². The lowest BCUT2D eigenvalue weighted by Gasteiger charge is -2.36. The standard InChI is InChI=1S/C47H39N3O2/c1-3-25-47-39-19-13-18-33(45(39)50(46(47)49-47)32-14-5-4-6-15-32)31-23-24-36-38-27-30(2)37(40-20-11-12-26-48-40)29-44(38)52-42-22-10-8-17-35(42)34-16-7-9-21-41(34)51-43(36)28-31/h3-26,28-30,38,44,46,49H,27H2,1-2H3/b25-3-. The number of rotatable bonds is 4. The van der Waals surface area contributed by atoms with Crippen molar-refractivity contribution in [1.82, 2.24) is 10.3 Å². The van der Waals surface area contributed by atoms with E-state index in [9.17, 15) is 0 Å². The second kappa shape index (κ2) is 12.1. The number of anilines is 2. The highest BCUT2D eigenvalue weighted by molar-refractivity contribution is 5.91. The van der Waals surface area contributed by atoms with Crippen LogP contribution in [0, 0.1) is 5.92 Å². The molecule has 1 N–H and O–H groups in total. The van der Waals surface area contributed by atoms with Gasteiger partial charge >= 0.3 is 0 Å². The molecule has 0 spiro atoms. The molecule has 1 saturated heterocycles. The van der Waals surface area contributed by atoms with E-state index in [1.54, 1.807) is 0 Å². The molecule has 254 valence electrons. The zero-order chi connectivity index (χ0) is 34.8. The molecule has 4 aliphatic rings. The van der Waals surface area contributed by atoms with Gasteiger partial charge in [-0.15, -0.1) is 0 Å². The Morgan fingerprint density at radius 2 is 1.52 bits per heavy atom. The minimum absolute atomic E-state index is 0.0574. The van der Waals surface area contributed by atoms with Crippen LogP contribution in [0.25, 0.3) is 27.8 Å². The van der Waals surface area contributed by atoms with Gasteiger partial charge in [-0.25, -0.2) is 0 Å². The van der Waals surface area contributed by atoms with Crippen molar-refractivity contribution in [3.05, 3.63) is 175 Å². The van der Waals surface area contributed by atoms with Gasteiger partial charge in [0.15, 0.2) is 0 Å². The van der Waals surface area contributed by atoms with Gasteiger partial charge in [0, 0.05) is 45.6 Å². The Balaban J connectivity index is 1.16. The Labute approximate surface area is 304 Å². The summed E-state index contributed by atoms with van der Waals surface area (Å²) in [5.41, 5.74) is 11.2. The van der Waals surface area contributed by atoms with Crippen molar-refractivity contribution in [3.63, 3.8) is 0 Å². The van der Waals surface area contributed by atoms with Crippen molar-refractivity contribution in [1.29, 1.82) is 0 Å². The van der Waals surface area contributed by atoms with Gasteiger partial charge in [0.25, 0.3) is 0 Å². The predicted molar refractivity (Wildman–Crippen MR) is 209 cm³/mol. The predicted octanol–water partition coefficient (Wildman–Crippen LogP) is 11.0. The fourth-order valence-corrected chi connectivity index (χ4v) is 8.86. The highest BCUT2D eigenvalue weighted by Crippen LogP contribution is 2.59. The molecule has 5 nitrogen and oxygen atoms in total. The van der Waals surface area contributed by atoms with Crippen LogP contribution in [0.3, 0.4) is 0 Å². The maximum atomic E-state index is 7.13. The van der Waals surface area contributed by atoms with E-state index < -0.39 is 0 Å². The number of ether oxygens (including phenoxy) is 2. The van der Waals surface area contributed by atoms with Crippen LogP contribution in [0.5, 0.6) is 17.2 Å². The van der Waals surface area contributed by atoms with E-state index in [2.05, 4.69) is 164 Å². The van der Waals surface area contributed by atoms with E-state index in [0.717, 1.165) is 51.6 Å². The third kappa shape index (κ3) is 4.84. The first kappa shape index (κ1) is 30.9. The SMILES string of the molecule is C/C=C\C12NC1N(c1ccccc1)c1c(-c3ccc4c(c3)Oc3ccccc3-c3ccccc3OC3C=C(c5ccccn5)C(C)CC43)cccc12. The fourth-order valence-electron chi connectivity index (χ4n) is 8.86. The maximum absolute atomic E-state index is 7.13. The maximum Gasteiger partial charge on any atom is 0.135 e. The molecule has 6 aromatic rings. The number of pyridine rings is 1. The monoisotopic (exact) mass is 677 g/mol. The molecule has 0 amide bonds. The van der Waals surface area contributed by atoms with Gasteiger partial charge in [0.2, 0.25) is 0 Å². The van der Waals surface area contributed by atoms with Crippen LogP contribution in [-0.4, -0.2) is 17.3 Å². The quantitative estimate of drug-likeness (QED) is 0.149. The number of para-hydroxylation sites is 4. The van der Waals surface area contributed by atoms with Crippen LogP contribution >= 0.6 is 0 Å². The van der Waals surface area contributed by atoms with E-state index in [1.807, 2.05) is 18.3 Å². The topological polar surface area (TPSA) is 56.5 Å². The molecule has 5 heteroatoms. The molecule has 3 aliphatic heterocycles. The summed E-state index contributed by atoms with van der Waals surface area (Å²) in [4.78, 5) is 7.22. The number of nitrogens with one attached hydrogen (secondary N) is 1. The average Bonchev–Trinajstić information content (AvgIpc) is 3.83. The summed E-state index contributed by atoms with van der Waals surface area (Å²) in [5, 5.41) is 3.80. The number of fused-ring (bicyclic) bond motifs is 9. The molecule has 5 aromatic carbocycles. The number of allylic oxidation sites excluding steroid dienone is 2. The third-order valence-electron chi connectivity index (χ3n) is 11.3. The number of hydrogen-bond acceptors (Lipinski definition) is 5. The molecular weight excluding hydrogens is 639 g/mol. The lowest BCUT2D eigenvalue weighted by atomic mass is 9.75. The fraction of sp³-hybridized carbons (Fsp3) is 0.170. The first-order valence-corrected chi connectivity index (χ1v) is 18.3. The van der Waals surface area contributed by atoms with E-state index in [-0.39, 0.29) is 29.6 Å². The second-order valence-electron chi connectivity index (χ2n) is 14.3. The zero-order valence-corrected chi connectivity index (χ0v) is 29.2. The first-order chi connectivity index (χ1) is 25.6. The largest absolute Gasteiger partial charge is 0.485 e.